The number of anilines is 1. The fraction of sp³-hybridized carbons (Fsp3) is 0.250. The summed E-state index contributed by atoms with van der Waals surface area (Å²) in [7, 11) is 0. The van der Waals surface area contributed by atoms with Crippen molar-refractivity contribution in [2.24, 2.45) is 0 Å². The van der Waals surface area contributed by atoms with Crippen LogP contribution in [0.3, 0.4) is 0 Å². The molecule has 1 N–H and O–H groups in total. The Morgan fingerprint density at radius 3 is 2.57 bits per heavy atom. The fourth-order valence-electron chi connectivity index (χ4n) is 2.16. The van der Waals surface area contributed by atoms with E-state index in [-0.39, 0.29) is 10.7 Å². The lowest BCUT2D eigenvalue weighted by atomic mass is 10.0. The van der Waals surface area contributed by atoms with Gasteiger partial charge in [0.05, 0.1) is 4.92 Å². The molecule has 2 aromatic rings. The van der Waals surface area contributed by atoms with Crippen LogP contribution in [0, 0.1) is 17.0 Å². The second-order valence-electron chi connectivity index (χ2n) is 5.07. The van der Waals surface area contributed by atoms with Gasteiger partial charge in [-0.15, -0.1) is 0 Å². The average Bonchev–Trinajstić information content (AvgIpc) is 2.48. The van der Waals surface area contributed by atoms with E-state index in [1.807, 2.05) is 25.1 Å². The largest absolute Gasteiger partial charge is 0.384 e. The number of benzene rings is 2. The summed E-state index contributed by atoms with van der Waals surface area (Å²) in [5.41, 5.74) is 2.83. The van der Waals surface area contributed by atoms with E-state index in [1.54, 1.807) is 6.07 Å². The van der Waals surface area contributed by atoms with Crippen LogP contribution in [0.2, 0.25) is 5.02 Å². The van der Waals surface area contributed by atoms with Gasteiger partial charge in [-0.2, -0.15) is 0 Å². The Kier molecular flexibility index (Phi) is 4.81. The van der Waals surface area contributed by atoms with E-state index in [1.165, 1.54) is 11.6 Å². The van der Waals surface area contributed by atoms with Crippen molar-refractivity contribution in [1.82, 2.24) is 0 Å². The quantitative estimate of drug-likeness (QED) is 0.639. The highest BCUT2D eigenvalue weighted by atomic mass is 35.5. The topological polar surface area (TPSA) is 55.2 Å². The van der Waals surface area contributed by atoms with Gasteiger partial charge in [-0.1, -0.05) is 48.9 Å². The van der Waals surface area contributed by atoms with Crippen LogP contribution in [0.1, 0.15) is 24.0 Å². The van der Waals surface area contributed by atoms with E-state index < -0.39 is 4.92 Å². The van der Waals surface area contributed by atoms with Crippen molar-refractivity contribution in [3.63, 3.8) is 0 Å². The Bertz CT molecular complexity index is 644. The zero-order chi connectivity index (χ0) is 15.4. The van der Waals surface area contributed by atoms with Crippen molar-refractivity contribution < 1.29 is 4.92 Å². The van der Waals surface area contributed by atoms with Crippen LogP contribution in [0.25, 0.3) is 0 Å². The van der Waals surface area contributed by atoms with Crippen LogP contribution in [0.15, 0.2) is 42.5 Å². The Balaban J connectivity index is 2.10. The number of hydrogen-bond acceptors (Lipinski definition) is 3. The minimum atomic E-state index is -0.467. The second kappa shape index (κ2) is 6.59. The maximum absolute atomic E-state index is 10.8. The molecule has 110 valence electrons. The first-order valence-electron chi connectivity index (χ1n) is 6.72. The average molecular weight is 305 g/mol. The minimum Gasteiger partial charge on any atom is -0.384 e. The maximum atomic E-state index is 10.8. The fourth-order valence-corrected chi connectivity index (χ4v) is 2.39. The molecule has 0 radical (unpaired) electrons. The monoisotopic (exact) mass is 304 g/mol. The molecule has 1 unspecified atom stereocenters. The molecule has 0 aromatic heterocycles. The van der Waals surface area contributed by atoms with E-state index in [0.29, 0.717) is 5.92 Å². The Hall–Kier alpha value is -2.07. The number of nitrogens with zero attached hydrogens (tertiary/aromatic N) is 1. The molecule has 0 fully saturated rings. The third-order valence-electron chi connectivity index (χ3n) is 3.46. The molecule has 0 spiro atoms. The lowest BCUT2D eigenvalue weighted by Gasteiger charge is -2.15. The summed E-state index contributed by atoms with van der Waals surface area (Å²) < 4.78 is 0. The van der Waals surface area contributed by atoms with Crippen LogP contribution < -0.4 is 5.32 Å². The van der Waals surface area contributed by atoms with Crippen molar-refractivity contribution in [2.45, 2.75) is 19.8 Å². The van der Waals surface area contributed by atoms with Gasteiger partial charge in [-0.25, -0.2) is 0 Å². The molecule has 2 rings (SSSR count). The molecule has 5 heteroatoms. The van der Waals surface area contributed by atoms with Gasteiger partial charge < -0.3 is 5.32 Å². The van der Waals surface area contributed by atoms with Gasteiger partial charge in [-0.05, 0) is 30.0 Å². The number of rotatable bonds is 5. The third kappa shape index (κ3) is 3.73. The predicted octanol–water partition coefficient (Wildman–Crippen LogP) is 4.77. The number of nitro groups is 1. The molecule has 0 saturated carbocycles. The first-order chi connectivity index (χ1) is 9.99. The molecule has 2 aromatic carbocycles. The van der Waals surface area contributed by atoms with Crippen LogP contribution in [0.5, 0.6) is 0 Å². The molecule has 0 aliphatic carbocycles. The Morgan fingerprint density at radius 1 is 1.29 bits per heavy atom. The van der Waals surface area contributed by atoms with Crippen molar-refractivity contribution in [1.29, 1.82) is 0 Å². The van der Waals surface area contributed by atoms with E-state index >= 15 is 0 Å². The van der Waals surface area contributed by atoms with Crippen molar-refractivity contribution in [3.05, 3.63) is 68.7 Å². The molecule has 4 nitrogen and oxygen atoms in total. The first-order valence-corrected chi connectivity index (χ1v) is 7.10. The smallest absolute Gasteiger partial charge is 0.288 e. The summed E-state index contributed by atoms with van der Waals surface area (Å²) in [6, 6.07) is 13.3. The molecular formula is C16H17ClN2O2. The lowest BCUT2D eigenvalue weighted by Crippen LogP contribution is -2.10. The SMILES string of the molecule is Cc1cc([N+](=O)[O-])c(Cl)cc1NCC(C)c1ccccc1. The standard InChI is InChI=1S/C16H17ClN2O2/c1-11-8-16(19(20)21)14(17)9-15(11)18-10-12(2)13-6-4-3-5-7-13/h3-9,12,18H,10H2,1-2H3. The molecule has 0 amide bonds. The molecular weight excluding hydrogens is 288 g/mol. The molecule has 0 saturated heterocycles. The first kappa shape index (κ1) is 15.3. The van der Waals surface area contributed by atoms with Gasteiger partial charge in [0.1, 0.15) is 5.02 Å². The van der Waals surface area contributed by atoms with Crippen LogP contribution in [-0.2, 0) is 0 Å². The normalized spacial score (nSPS) is 12.0. The Labute approximate surface area is 128 Å². The highest BCUT2D eigenvalue weighted by Crippen LogP contribution is 2.31. The van der Waals surface area contributed by atoms with Crippen molar-refractivity contribution in [2.75, 3.05) is 11.9 Å². The number of nitro benzene ring substituents is 1. The second-order valence-corrected chi connectivity index (χ2v) is 5.48. The zero-order valence-electron chi connectivity index (χ0n) is 12.0. The van der Waals surface area contributed by atoms with E-state index in [0.717, 1.165) is 17.8 Å². The van der Waals surface area contributed by atoms with Crippen LogP contribution >= 0.6 is 11.6 Å². The molecule has 21 heavy (non-hydrogen) atoms. The number of nitrogens with one attached hydrogen (secondary N) is 1. The lowest BCUT2D eigenvalue weighted by molar-refractivity contribution is -0.384. The third-order valence-corrected chi connectivity index (χ3v) is 3.76. The van der Waals surface area contributed by atoms with Gasteiger partial charge in [0.25, 0.3) is 5.69 Å². The van der Waals surface area contributed by atoms with Gasteiger partial charge in [0, 0.05) is 18.3 Å². The molecule has 0 aliphatic heterocycles. The summed E-state index contributed by atoms with van der Waals surface area (Å²) in [5.74, 6) is 0.333. The van der Waals surface area contributed by atoms with Crippen LogP contribution in [0.4, 0.5) is 11.4 Å². The highest BCUT2D eigenvalue weighted by Gasteiger charge is 2.15. The summed E-state index contributed by atoms with van der Waals surface area (Å²) in [4.78, 5) is 10.4. The number of hydrogen-bond donors (Lipinski definition) is 1. The van der Waals surface area contributed by atoms with E-state index in [4.69, 9.17) is 11.6 Å². The molecule has 0 heterocycles. The molecule has 1 atom stereocenters. The van der Waals surface area contributed by atoms with Crippen molar-refractivity contribution >= 4 is 23.0 Å². The van der Waals surface area contributed by atoms with Gasteiger partial charge in [0.15, 0.2) is 0 Å². The minimum absolute atomic E-state index is 0.0594. The van der Waals surface area contributed by atoms with Crippen LogP contribution in [-0.4, -0.2) is 11.5 Å². The van der Waals surface area contributed by atoms with E-state index in [9.17, 15) is 10.1 Å². The summed E-state index contributed by atoms with van der Waals surface area (Å²) in [6.45, 7) is 4.70. The highest BCUT2D eigenvalue weighted by molar-refractivity contribution is 6.33. The summed E-state index contributed by atoms with van der Waals surface area (Å²) in [5, 5.41) is 14.3. The molecule has 0 aliphatic rings. The van der Waals surface area contributed by atoms with E-state index in [2.05, 4.69) is 24.4 Å². The number of aryl methyl sites for hydroxylation is 1. The van der Waals surface area contributed by atoms with Gasteiger partial charge in [-0.3, -0.25) is 10.1 Å². The van der Waals surface area contributed by atoms with Gasteiger partial charge in [0.2, 0.25) is 0 Å². The Morgan fingerprint density at radius 2 is 1.95 bits per heavy atom. The molecule has 0 bridgehead atoms. The summed E-state index contributed by atoms with van der Waals surface area (Å²) >= 11 is 5.95. The van der Waals surface area contributed by atoms with Crippen molar-refractivity contribution in [3.8, 4) is 0 Å². The maximum Gasteiger partial charge on any atom is 0.288 e. The predicted molar refractivity (Wildman–Crippen MR) is 86.2 cm³/mol. The van der Waals surface area contributed by atoms with Gasteiger partial charge >= 0.3 is 0 Å². The zero-order valence-corrected chi connectivity index (χ0v) is 12.7. The summed E-state index contributed by atoms with van der Waals surface area (Å²) in [6.07, 6.45) is 0. The number of halogens is 1.